The average Bonchev–Trinajstić information content (AvgIpc) is 2.15. The van der Waals surface area contributed by atoms with E-state index in [4.69, 9.17) is 11.5 Å². The fourth-order valence-electron chi connectivity index (χ4n) is 1.04. The number of rotatable bonds is 7. The van der Waals surface area contributed by atoms with E-state index in [-0.39, 0.29) is 11.9 Å². The fourth-order valence-corrected chi connectivity index (χ4v) is 1.04. The molecule has 82 valence electrons. The number of hydrogen-bond donors (Lipinski definition) is 2. The van der Waals surface area contributed by atoms with Gasteiger partial charge < -0.3 is 16.2 Å². The van der Waals surface area contributed by atoms with Crippen molar-refractivity contribution in [1.29, 1.82) is 0 Å². The Morgan fingerprint density at radius 1 is 1.29 bits per heavy atom. The molecular formula is C9H19N3O2. The van der Waals surface area contributed by atoms with Crippen LogP contribution in [0, 0.1) is 0 Å². The molecule has 0 unspecified atom stereocenters. The van der Waals surface area contributed by atoms with Crippen molar-refractivity contribution in [3.8, 4) is 0 Å². The summed E-state index contributed by atoms with van der Waals surface area (Å²) in [5.41, 5.74) is 10.3. The second-order valence-electron chi connectivity index (χ2n) is 3.05. The summed E-state index contributed by atoms with van der Waals surface area (Å²) < 4.78 is 4.52. The van der Waals surface area contributed by atoms with Gasteiger partial charge in [-0.1, -0.05) is 12.8 Å². The van der Waals surface area contributed by atoms with Crippen LogP contribution < -0.4 is 11.5 Å². The molecule has 0 heterocycles. The number of unbranched alkanes of at least 4 members (excludes halogenated alkanes) is 3. The molecule has 0 radical (unpaired) electrons. The first-order valence-corrected chi connectivity index (χ1v) is 4.79. The molecule has 0 saturated carbocycles. The van der Waals surface area contributed by atoms with Crippen molar-refractivity contribution in [2.75, 3.05) is 13.7 Å². The lowest BCUT2D eigenvalue weighted by Gasteiger charge is -1.99. The van der Waals surface area contributed by atoms with Gasteiger partial charge in [-0.3, -0.25) is 9.79 Å². The molecule has 0 atom stereocenters. The third kappa shape index (κ3) is 8.83. The summed E-state index contributed by atoms with van der Waals surface area (Å²) in [6.45, 7) is 0.667. The molecule has 0 spiro atoms. The lowest BCUT2D eigenvalue weighted by Crippen LogP contribution is -2.22. The Balaban J connectivity index is 3.14. The monoisotopic (exact) mass is 203 g/mol. The zero-order chi connectivity index (χ0) is 10.8. The van der Waals surface area contributed by atoms with Crippen molar-refractivity contribution in [2.45, 2.75) is 32.1 Å². The molecule has 0 rings (SSSR count). The van der Waals surface area contributed by atoms with Crippen molar-refractivity contribution in [3.05, 3.63) is 0 Å². The molecule has 0 fully saturated rings. The van der Waals surface area contributed by atoms with Crippen LogP contribution in [0.15, 0.2) is 4.99 Å². The zero-order valence-electron chi connectivity index (χ0n) is 8.66. The maximum Gasteiger partial charge on any atom is 0.305 e. The highest BCUT2D eigenvalue weighted by atomic mass is 16.5. The molecule has 0 aromatic carbocycles. The van der Waals surface area contributed by atoms with E-state index in [2.05, 4.69) is 9.73 Å². The Hall–Kier alpha value is -1.26. The minimum atomic E-state index is -0.144. The maximum absolute atomic E-state index is 10.7. The molecule has 4 N–H and O–H groups in total. The van der Waals surface area contributed by atoms with Crippen LogP contribution in [0.4, 0.5) is 0 Å². The van der Waals surface area contributed by atoms with Gasteiger partial charge in [0, 0.05) is 13.0 Å². The van der Waals surface area contributed by atoms with Crippen molar-refractivity contribution in [1.82, 2.24) is 0 Å². The van der Waals surface area contributed by atoms with Gasteiger partial charge in [0.25, 0.3) is 0 Å². The highest BCUT2D eigenvalue weighted by molar-refractivity contribution is 5.75. The smallest absolute Gasteiger partial charge is 0.305 e. The second-order valence-corrected chi connectivity index (χ2v) is 3.05. The van der Waals surface area contributed by atoms with Crippen LogP contribution in [-0.4, -0.2) is 25.6 Å². The summed E-state index contributed by atoms with van der Waals surface area (Å²) in [4.78, 5) is 14.6. The van der Waals surface area contributed by atoms with Gasteiger partial charge in [-0.2, -0.15) is 0 Å². The van der Waals surface area contributed by atoms with Crippen LogP contribution in [0.5, 0.6) is 0 Å². The van der Waals surface area contributed by atoms with Gasteiger partial charge in [0.2, 0.25) is 0 Å². The summed E-state index contributed by atoms with van der Waals surface area (Å²) >= 11 is 0. The number of methoxy groups -OCH3 is 1. The highest BCUT2D eigenvalue weighted by Crippen LogP contribution is 2.03. The Morgan fingerprint density at radius 2 is 1.93 bits per heavy atom. The lowest BCUT2D eigenvalue weighted by molar-refractivity contribution is -0.140. The van der Waals surface area contributed by atoms with E-state index in [0.717, 1.165) is 25.7 Å². The Bertz CT molecular complexity index is 188. The minimum Gasteiger partial charge on any atom is -0.469 e. The number of ether oxygens (including phenoxy) is 1. The Kier molecular flexibility index (Phi) is 7.59. The van der Waals surface area contributed by atoms with Crippen LogP contribution in [0.25, 0.3) is 0 Å². The number of guanidine groups is 1. The normalized spacial score (nSPS) is 9.50. The largest absolute Gasteiger partial charge is 0.469 e. The van der Waals surface area contributed by atoms with Gasteiger partial charge >= 0.3 is 5.97 Å². The van der Waals surface area contributed by atoms with E-state index in [9.17, 15) is 4.79 Å². The van der Waals surface area contributed by atoms with Gasteiger partial charge in [-0.25, -0.2) is 0 Å². The fraction of sp³-hybridized carbons (Fsp3) is 0.778. The number of hydrogen-bond acceptors (Lipinski definition) is 3. The average molecular weight is 203 g/mol. The molecule has 0 amide bonds. The van der Waals surface area contributed by atoms with Crippen molar-refractivity contribution >= 4 is 11.9 Å². The molecule has 0 aliphatic rings. The van der Waals surface area contributed by atoms with Crippen LogP contribution in [0.2, 0.25) is 0 Å². The molecule has 0 aromatic heterocycles. The van der Waals surface area contributed by atoms with Crippen LogP contribution in [-0.2, 0) is 9.53 Å². The van der Waals surface area contributed by atoms with Crippen LogP contribution >= 0.6 is 0 Å². The predicted molar refractivity (Wildman–Crippen MR) is 55.8 cm³/mol. The number of nitrogens with two attached hydrogens (primary N) is 2. The van der Waals surface area contributed by atoms with E-state index in [1.54, 1.807) is 0 Å². The summed E-state index contributed by atoms with van der Waals surface area (Å²) in [7, 11) is 1.40. The SMILES string of the molecule is COC(=O)CCCCCCN=[14C](N)N. The highest BCUT2D eigenvalue weighted by Gasteiger charge is 1.98. The minimum absolute atomic E-state index is 0.138. The summed E-state index contributed by atoms with van der Waals surface area (Å²) in [6, 6.07) is 0. The summed E-state index contributed by atoms with van der Waals surface area (Å²) in [5.74, 6) is -0.00576. The molecule has 0 aliphatic carbocycles. The molecule has 14 heavy (non-hydrogen) atoms. The van der Waals surface area contributed by atoms with E-state index in [0.29, 0.717) is 13.0 Å². The van der Waals surface area contributed by atoms with Crippen molar-refractivity contribution < 1.29 is 9.53 Å². The summed E-state index contributed by atoms with van der Waals surface area (Å²) in [5, 5.41) is 0. The molecule has 5 nitrogen and oxygen atoms in total. The number of nitrogens with zero attached hydrogens (tertiary/aromatic N) is 1. The molecule has 0 aromatic rings. The second kappa shape index (κ2) is 8.34. The maximum atomic E-state index is 10.7. The molecule has 0 saturated heterocycles. The Morgan fingerprint density at radius 3 is 2.50 bits per heavy atom. The van der Waals surface area contributed by atoms with Gasteiger partial charge in [-0.15, -0.1) is 0 Å². The number of carbonyl (C=O) groups excluding carboxylic acids is 1. The van der Waals surface area contributed by atoms with E-state index in [1.165, 1.54) is 7.11 Å². The van der Waals surface area contributed by atoms with Crippen molar-refractivity contribution in [2.24, 2.45) is 16.5 Å². The van der Waals surface area contributed by atoms with Gasteiger partial charge in [0.05, 0.1) is 7.11 Å². The quantitative estimate of drug-likeness (QED) is 0.271. The topological polar surface area (TPSA) is 90.7 Å². The van der Waals surface area contributed by atoms with E-state index < -0.39 is 0 Å². The summed E-state index contributed by atoms with van der Waals surface area (Å²) in [6.07, 6.45) is 4.37. The lowest BCUT2D eigenvalue weighted by atomic mass is 10.1. The van der Waals surface area contributed by atoms with E-state index in [1.807, 2.05) is 0 Å². The molecule has 0 aliphatic heterocycles. The molecule has 0 bridgehead atoms. The third-order valence-corrected chi connectivity index (χ3v) is 1.81. The first-order chi connectivity index (χ1) is 6.66. The third-order valence-electron chi connectivity index (χ3n) is 1.81. The number of esters is 1. The van der Waals surface area contributed by atoms with Gasteiger partial charge in [0.15, 0.2) is 5.96 Å². The standard InChI is InChI=1S/C9H19N3O2/c1-14-8(13)6-4-2-3-5-7-12-9(10)11/h2-7H2,1H3,(H4,10,11,12)/i9+2. The molecular weight excluding hydrogens is 184 g/mol. The number of carbonyl (C=O) groups is 1. The van der Waals surface area contributed by atoms with E-state index >= 15 is 0 Å². The van der Waals surface area contributed by atoms with Gasteiger partial charge in [0.1, 0.15) is 0 Å². The first-order valence-electron chi connectivity index (χ1n) is 4.79. The van der Waals surface area contributed by atoms with Crippen LogP contribution in [0.3, 0.4) is 0 Å². The van der Waals surface area contributed by atoms with Crippen LogP contribution in [0.1, 0.15) is 32.1 Å². The van der Waals surface area contributed by atoms with Crippen molar-refractivity contribution in [3.63, 3.8) is 0 Å². The Labute approximate surface area is 84.5 Å². The predicted octanol–water partition coefficient (Wildman–Crippen LogP) is 0.383. The molecule has 5 heteroatoms. The number of aliphatic imine (C=N–C) groups is 1. The first kappa shape index (κ1) is 12.7. The van der Waals surface area contributed by atoms with Gasteiger partial charge in [-0.05, 0) is 12.8 Å². The zero-order valence-corrected chi connectivity index (χ0v) is 8.66.